The molecule has 1 N–H and O–H groups in total. The number of benzene rings is 1. The second-order valence-electron chi connectivity index (χ2n) is 5.28. The summed E-state index contributed by atoms with van der Waals surface area (Å²) in [7, 11) is 0. The Morgan fingerprint density at radius 1 is 1.29 bits per heavy atom. The summed E-state index contributed by atoms with van der Waals surface area (Å²) >= 11 is 0. The molecule has 0 unspecified atom stereocenters. The van der Waals surface area contributed by atoms with Crippen LogP contribution in [0.25, 0.3) is 0 Å². The van der Waals surface area contributed by atoms with Crippen molar-refractivity contribution in [2.45, 2.75) is 31.5 Å². The Morgan fingerprint density at radius 2 is 1.86 bits per heavy atom. The van der Waals surface area contributed by atoms with Crippen LogP contribution in [-0.4, -0.2) is 40.8 Å². The molecule has 0 saturated carbocycles. The highest BCUT2D eigenvalue weighted by Crippen LogP contribution is 2.38. The van der Waals surface area contributed by atoms with E-state index in [0.717, 1.165) is 6.07 Å². The van der Waals surface area contributed by atoms with Crippen molar-refractivity contribution in [1.29, 1.82) is 0 Å². The summed E-state index contributed by atoms with van der Waals surface area (Å²) in [5.74, 6) is -0.925. The van der Waals surface area contributed by atoms with Crippen LogP contribution in [0.1, 0.15) is 28.8 Å². The highest BCUT2D eigenvalue weighted by molar-refractivity contribution is 5.95. The molecule has 0 aliphatic carbocycles. The molecule has 1 aromatic rings. The fraction of sp³-hybridized carbons (Fsp3) is 0.500. The lowest BCUT2D eigenvalue weighted by molar-refractivity contribution is -0.271. The summed E-state index contributed by atoms with van der Waals surface area (Å²) in [6.07, 6.45) is -5.81. The molecular weight excluding hydrogens is 290 g/mol. The van der Waals surface area contributed by atoms with Gasteiger partial charge >= 0.3 is 6.18 Å². The monoisotopic (exact) mass is 305 g/mol. The first-order valence-electron chi connectivity index (χ1n) is 6.48. The number of amides is 1. The minimum Gasteiger partial charge on any atom is -0.380 e. The molecule has 3 nitrogen and oxygen atoms in total. The van der Waals surface area contributed by atoms with Crippen LogP contribution >= 0.6 is 0 Å². The third-order valence-corrected chi connectivity index (χ3v) is 3.82. The zero-order valence-electron chi connectivity index (χ0n) is 11.4. The van der Waals surface area contributed by atoms with Gasteiger partial charge in [0, 0.05) is 31.5 Å². The molecule has 1 fully saturated rings. The van der Waals surface area contributed by atoms with Gasteiger partial charge in [0.1, 0.15) is 5.82 Å². The number of piperidine rings is 1. The standard InChI is InChI=1S/C14H15F4NO2/c1-9-8-10(15)2-3-11(9)12(20)19-6-4-13(21,5-7-19)14(16,17)18/h2-3,8,21H,4-7H2,1H3. The van der Waals surface area contributed by atoms with E-state index in [-0.39, 0.29) is 18.7 Å². The normalized spacial score (nSPS) is 18.7. The molecule has 0 spiro atoms. The Bertz CT molecular complexity index is 548. The van der Waals surface area contributed by atoms with Crippen LogP contribution in [0.5, 0.6) is 0 Å². The van der Waals surface area contributed by atoms with Crippen LogP contribution in [0.3, 0.4) is 0 Å². The van der Waals surface area contributed by atoms with Crippen LogP contribution in [0.15, 0.2) is 18.2 Å². The summed E-state index contributed by atoms with van der Waals surface area (Å²) in [5.41, 5.74) is -2.05. The first kappa shape index (κ1) is 15.8. The van der Waals surface area contributed by atoms with E-state index >= 15 is 0 Å². The van der Waals surface area contributed by atoms with Crippen molar-refractivity contribution in [2.24, 2.45) is 0 Å². The molecule has 0 atom stereocenters. The number of likely N-dealkylation sites (tertiary alicyclic amines) is 1. The van der Waals surface area contributed by atoms with Crippen LogP contribution in [0.2, 0.25) is 0 Å². The van der Waals surface area contributed by atoms with E-state index in [1.165, 1.54) is 17.0 Å². The van der Waals surface area contributed by atoms with Crippen molar-refractivity contribution >= 4 is 5.91 Å². The number of halogens is 4. The summed E-state index contributed by atoms with van der Waals surface area (Å²) < 4.78 is 51.1. The summed E-state index contributed by atoms with van der Waals surface area (Å²) in [4.78, 5) is 13.5. The van der Waals surface area contributed by atoms with Gasteiger partial charge in [0.15, 0.2) is 5.60 Å². The molecule has 1 aliphatic heterocycles. The first-order valence-corrected chi connectivity index (χ1v) is 6.48. The van der Waals surface area contributed by atoms with Gasteiger partial charge in [-0.05, 0) is 30.7 Å². The van der Waals surface area contributed by atoms with Crippen LogP contribution in [0, 0.1) is 12.7 Å². The molecule has 1 aliphatic rings. The SMILES string of the molecule is Cc1cc(F)ccc1C(=O)N1CCC(O)(C(F)(F)F)CC1. The molecule has 0 radical (unpaired) electrons. The Labute approximate surface area is 119 Å². The largest absolute Gasteiger partial charge is 0.417 e. The van der Waals surface area contributed by atoms with E-state index < -0.39 is 36.3 Å². The molecule has 2 rings (SSSR count). The van der Waals surface area contributed by atoms with E-state index in [1.807, 2.05) is 0 Å². The van der Waals surface area contributed by atoms with Crippen LogP contribution in [0.4, 0.5) is 17.6 Å². The molecule has 1 aromatic carbocycles. The lowest BCUT2D eigenvalue weighted by Gasteiger charge is -2.39. The van der Waals surface area contributed by atoms with Gasteiger partial charge < -0.3 is 10.0 Å². The van der Waals surface area contributed by atoms with Crippen molar-refractivity contribution in [3.8, 4) is 0 Å². The average molecular weight is 305 g/mol. The molecule has 0 aromatic heterocycles. The highest BCUT2D eigenvalue weighted by atomic mass is 19.4. The molecule has 7 heteroatoms. The smallest absolute Gasteiger partial charge is 0.380 e. The number of nitrogens with zero attached hydrogens (tertiary/aromatic N) is 1. The molecule has 1 saturated heterocycles. The molecule has 116 valence electrons. The lowest BCUT2D eigenvalue weighted by Crippen LogP contribution is -2.54. The molecule has 1 amide bonds. The van der Waals surface area contributed by atoms with E-state index in [0.29, 0.717) is 5.56 Å². The summed E-state index contributed by atoms with van der Waals surface area (Å²) in [6, 6.07) is 3.65. The third kappa shape index (κ3) is 3.02. The molecule has 0 bridgehead atoms. The minimum absolute atomic E-state index is 0.189. The third-order valence-electron chi connectivity index (χ3n) is 3.82. The maximum Gasteiger partial charge on any atom is 0.417 e. The van der Waals surface area contributed by atoms with Gasteiger partial charge in [-0.1, -0.05) is 0 Å². The van der Waals surface area contributed by atoms with Crippen LogP contribution in [-0.2, 0) is 0 Å². The number of alkyl halides is 3. The number of hydrogen-bond donors (Lipinski definition) is 1. The van der Waals surface area contributed by atoms with E-state index in [1.54, 1.807) is 6.92 Å². The van der Waals surface area contributed by atoms with Gasteiger partial charge in [-0.25, -0.2) is 4.39 Å². The number of rotatable bonds is 1. The second kappa shape index (κ2) is 5.29. The number of aryl methyl sites for hydroxylation is 1. The predicted molar refractivity (Wildman–Crippen MR) is 67.3 cm³/mol. The zero-order chi connectivity index (χ0) is 15.8. The summed E-state index contributed by atoms with van der Waals surface area (Å²) in [6.45, 7) is 1.18. The van der Waals surface area contributed by atoms with Crippen LogP contribution < -0.4 is 0 Å². The Kier molecular flexibility index (Phi) is 3.97. The van der Waals surface area contributed by atoms with Gasteiger partial charge in [0.05, 0.1) is 0 Å². The van der Waals surface area contributed by atoms with E-state index in [4.69, 9.17) is 0 Å². The predicted octanol–water partition coefficient (Wildman–Crippen LogP) is 2.66. The van der Waals surface area contributed by atoms with Crippen molar-refractivity contribution in [3.63, 3.8) is 0 Å². The van der Waals surface area contributed by atoms with Crippen molar-refractivity contribution in [3.05, 3.63) is 35.1 Å². The molecule has 1 heterocycles. The van der Waals surface area contributed by atoms with Gasteiger partial charge in [0.2, 0.25) is 0 Å². The minimum atomic E-state index is -4.70. The zero-order valence-corrected chi connectivity index (χ0v) is 11.4. The fourth-order valence-corrected chi connectivity index (χ4v) is 2.40. The fourth-order valence-electron chi connectivity index (χ4n) is 2.40. The Morgan fingerprint density at radius 3 is 2.33 bits per heavy atom. The summed E-state index contributed by atoms with van der Waals surface area (Å²) in [5, 5.41) is 9.56. The molecule has 21 heavy (non-hydrogen) atoms. The maximum absolute atomic E-state index is 13.0. The maximum atomic E-state index is 13.0. The van der Waals surface area contributed by atoms with E-state index in [2.05, 4.69) is 0 Å². The van der Waals surface area contributed by atoms with Gasteiger partial charge in [-0.2, -0.15) is 13.2 Å². The Balaban J connectivity index is 2.10. The van der Waals surface area contributed by atoms with E-state index in [9.17, 15) is 27.5 Å². The average Bonchev–Trinajstić information content (AvgIpc) is 2.37. The highest BCUT2D eigenvalue weighted by Gasteiger charge is 2.54. The number of carbonyl (C=O) groups excluding carboxylic acids is 1. The van der Waals surface area contributed by atoms with Gasteiger partial charge in [-0.15, -0.1) is 0 Å². The van der Waals surface area contributed by atoms with Gasteiger partial charge in [-0.3, -0.25) is 4.79 Å². The topological polar surface area (TPSA) is 40.5 Å². The first-order chi connectivity index (χ1) is 9.64. The van der Waals surface area contributed by atoms with Crippen molar-refractivity contribution in [2.75, 3.05) is 13.1 Å². The van der Waals surface area contributed by atoms with Crippen molar-refractivity contribution < 1.29 is 27.5 Å². The quantitative estimate of drug-likeness (QED) is 0.810. The van der Waals surface area contributed by atoms with Gasteiger partial charge in [0.25, 0.3) is 5.91 Å². The molecular formula is C14H15F4NO2. The lowest BCUT2D eigenvalue weighted by atomic mass is 9.90. The Hall–Kier alpha value is -1.63. The number of aliphatic hydroxyl groups is 1. The van der Waals surface area contributed by atoms with Crippen molar-refractivity contribution in [1.82, 2.24) is 4.90 Å². The number of hydrogen-bond acceptors (Lipinski definition) is 2. The number of carbonyl (C=O) groups is 1. The second-order valence-corrected chi connectivity index (χ2v) is 5.28.